The van der Waals surface area contributed by atoms with Crippen molar-refractivity contribution in [3.8, 4) is 0 Å². The second kappa shape index (κ2) is 5.80. The Morgan fingerprint density at radius 1 is 0.900 bits per heavy atom. The van der Waals surface area contributed by atoms with Crippen molar-refractivity contribution in [1.82, 2.24) is 0 Å². The third kappa shape index (κ3) is 2.83. The summed E-state index contributed by atoms with van der Waals surface area (Å²) in [5, 5.41) is 8.54. The van der Waals surface area contributed by atoms with Crippen LogP contribution in [-0.2, 0) is 6.42 Å². The van der Waals surface area contributed by atoms with Gasteiger partial charge in [0, 0.05) is 12.5 Å². The van der Waals surface area contributed by atoms with Gasteiger partial charge < -0.3 is 5.73 Å². The van der Waals surface area contributed by atoms with Crippen molar-refractivity contribution in [2.45, 2.75) is 18.9 Å². The molecule has 2 aromatic rings. The average molecular weight is 263 g/mol. The number of hydrogen-bond acceptors (Lipinski definition) is 3. The molecule has 0 fully saturated rings. The maximum absolute atomic E-state index is 6.25. The summed E-state index contributed by atoms with van der Waals surface area (Å²) in [5.74, 6) is 0. The summed E-state index contributed by atoms with van der Waals surface area (Å²) in [6, 6.07) is 20.3. The molecule has 2 aromatic carbocycles. The molecule has 1 unspecified atom stereocenters. The highest BCUT2D eigenvalue weighted by atomic mass is 15.2. The zero-order chi connectivity index (χ0) is 13.8. The van der Waals surface area contributed by atoms with Crippen molar-refractivity contribution in [2.24, 2.45) is 15.9 Å². The van der Waals surface area contributed by atoms with Crippen LogP contribution in [0.1, 0.15) is 17.5 Å². The van der Waals surface area contributed by atoms with Gasteiger partial charge >= 0.3 is 0 Å². The Kier molecular flexibility index (Phi) is 3.70. The predicted molar refractivity (Wildman–Crippen MR) is 83.2 cm³/mol. The van der Waals surface area contributed by atoms with E-state index < -0.39 is 0 Å². The van der Waals surface area contributed by atoms with Gasteiger partial charge in [-0.2, -0.15) is 10.2 Å². The Labute approximate surface area is 118 Å². The van der Waals surface area contributed by atoms with E-state index in [2.05, 4.69) is 34.5 Å². The Hall–Kier alpha value is -2.26. The van der Waals surface area contributed by atoms with Gasteiger partial charge in [-0.25, -0.2) is 0 Å². The molecule has 1 heterocycles. The van der Waals surface area contributed by atoms with Crippen molar-refractivity contribution in [3.63, 3.8) is 0 Å². The monoisotopic (exact) mass is 263 g/mol. The van der Waals surface area contributed by atoms with Crippen LogP contribution in [0.3, 0.4) is 0 Å². The van der Waals surface area contributed by atoms with E-state index >= 15 is 0 Å². The van der Waals surface area contributed by atoms with Gasteiger partial charge in [0.1, 0.15) is 0 Å². The molecule has 20 heavy (non-hydrogen) atoms. The fourth-order valence-electron chi connectivity index (χ4n) is 2.35. The number of rotatable bonds is 4. The van der Waals surface area contributed by atoms with Crippen LogP contribution in [0.4, 0.5) is 0 Å². The van der Waals surface area contributed by atoms with Crippen molar-refractivity contribution in [1.29, 1.82) is 0 Å². The summed E-state index contributed by atoms with van der Waals surface area (Å²) in [5.41, 5.74) is 10.6. The van der Waals surface area contributed by atoms with Crippen molar-refractivity contribution in [2.75, 3.05) is 0 Å². The number of nitrogens with two attached hydrogens (primary N) is 1. The van der Waals surface area contributed by atoms with Crippen LogP contribution in [0.5, 0.6) is 0 Å². The van der Waals surface area contributed by atoms with E-state index in [1.165, 1.54) is 5.56 Å². The van der Waals surface area contributed by atoms with Gasteiger partial charge in [-0.15, -0.1) is 0 Å². The molecule has 100 valence electrons. The first-order valence-electron chi connectivity index (χ1n) is 6.81. The van der Waals surface area contributed by atoms with Crippen molar-refractivity contribution in [3.05, 3.63) is 71.8 Å². The van der Waals surface area contributed by atoms with Gasteiger partial charge in [-0.3, -0.25) is 0 Å². The van der Waals surface area contributed by atoms with Crippen LogP contribution in [0.2, 0.25) is 0 Å². The average Bonchev–Trinajstić information content (AvgIpc) is 2.99. The standard InChI is InChI=1S/C17H17N3/c18-15(11-13-7-3-1-4-8-13)17-12-16(19-20-17)14-9-5-2-6-10-14/h1-10,15H,11-12,18H2. The van der Waals surface area contributed by atoms with E-state index in [9.17, 15) is 0 Å². The van der Waals surface area contributed by atoms with E-state index in [-0.39, 0.29) is 6.04 Å². The lowest BCUT2D eigenvalue weighted by atomic mass is 9.97. The smallest absolute Gasteiger partial charge is 0.0760 e. The summed E-state index contributed by atoms with van der Waals surface area (Å²) in [6.07, 6.45) is 1.55. The van der Waals surface area contributed by atoms with E-state index in [0.717, 1.165) is 29.8 Å². The first-order valence-corrected chi connectivity index (χ1v) is 6.81. The molecule has 0 aromatic heterocycles. The highest BCUT2D eigenvalue weighted by Gasteiger charge is 2.20. The normalized spacial score (nSPS) is 15.7. The first-order chi connectivity index (χ1) is 9.83. The van der Waals surface area contributed by atoms with Crippen molar-refractivity contribution < 1.29 is 0 Å². The zero-order valence-corrected chi connectivity index (χ0v) is 11.2. The highest BCUT2D eigenvalue weighted by Crippen LogP contribution is 2.14. The maximum Gasteiger partial charge on any atom is 0.0760 e. The van der Waals surface area contributed by atoms with Gasteiger partial charge in [0.15, 0.2) is 0 Å². The van der Waals surface area contributed by atoms with Gasteiger partial charge in [0.25, 0.3) is 0 Å². The first kappa shape index (κ1) is 12.8. The molecular weight excluding hydrogens is 246 g/mol. The molecule has 0 amide bonds. The van der Waals surface area contributed by atoms with E-state index in [1.807, 2.05) is 36.4 Å². The minimum atomic E-state index is -0.0673. The number of benzene rings is 2. The summed E-state index contributed by atoms with van der Waals surface area (Å²) >= 11 is 0. The molecule has 1 atom stereocenters. The van der Waals surface area contributed by atoms with Gasteiger partial charge in [0.05, 0.1) is 11.4 Å². The molecule has 0 spiro atoms. The number of hydrogen-bond donors (Lipinski definition) is 1. The largest absolute Gasteiger partial charge is 0.323 e. The molecule has 0 aliphatic carbocycles. The molecule has 1 aliphatic rings. The third-order valence-corrected chi connectivity index (χ3v) is 3.48. The lowest BCUT2D eigenvalue weighted by Gasteiger charge is -2.11. The van der Waals surface area contributed by atoms with E-state index in [1.54, 1.807) is 0 Å². The molecule has 3 nitrogen and oxygen atoms in total. The summed E-state index contributed by atoms with van der Waals surface area (Å²) in [7, 11) is 0. The SMILES string of the molecule is NC(Cc1ccccc1)C1=NN=C(c2ccccc2)C1. The fourth-order valence-corrected chi connectivity index (χ4v) is 2.35. The van der Waals surface area contributed by atoms with E-state index in [0.29, 0.717) is 0 Å². The van der Waals surface area contributed by atoms with Crippen LogP contribution in [0.15, 0.2) is 70.9 Å². The maximum atomic E-state index is 6.25. The van der Waals surface area contributed by atoms with Gasteiger partial charge in [-0.05, 0) is 17.5 Å². The van der Waals surface area contributed by atoms with E-state index in [4.69, 9.17) is 5.73 Å². The third-order valence-electron chi connectivity index (χ3n) is 3.48. The predicted octanol–water partition coefficient (Wildman–Crippen LogP) is 2.81. The molecule has 3 rings (SSSR count). The topological polar surface area (TPSA) is 50.7 Å². The fraction of sp³-hybridized carbons (Fsp3) is 0.176. The van der Waals surface area contributed by atoms with Crippen LogP contribution < -0.4 is 5.73 Å². The molecule has 0 bridgehead atoms. The van der Waals surface area contributed by atoms with Gasteiger partial charge in [0.2, 0.25) is 0 Å². The highest BCUT2D eigenvalue weighted by molar-refractivity contribution is 6.16. The van der Waals surface area contributed by atoms with Crippen LogP contribution in [-0.4, -0.2) is 17.5 Å². The Balaban J connectivity index is 1.64. The van der Waals surface area contributed by atoms with Crippen LogP contribution in [0.25, 0.3) is 0 Å². The summed E-state index contributed by atoms with van der Waals surface area (Å²) in [6.45, 7) is 0. The molecule has 1 aliphatic heterocycles. The summed E-state index contributed by atoms with van der Waals surface area (Å²) in [4.78, 5) is 0. The van der Waals surface area contributed by atoms with Crippen LogP contribution >= 0.6 is 0 Å². The Morgan fingerprint density at radius 3 is 2.25 bits per heavy atom. The van der Waals surface area contributed by atoms with Crippen molar-refractivity contribution >= 4 is 11.4 Å². The lowest BCUT2D eigenvalue weighted by Crippen LogP contribution is -2.32. The zero-order valence-electron chi connectivity index (χ0n) is 11.2. The molecule has 0 saturated carbocycles. The van der Waals surface area contributed by atoms with Gasteiger partial charge in [-0.1, -0.05) is 60.7 Å². The molecule has 0 saturated heterocycles. The second-order valence-corrected chi connectivity index (χ2v) is 4.98. The molecular formula is C17H17N3. The Morgan fingerprint density at radius 2 is 1.55 bits per heavy atom. The minimum absolute atomic E-state index is 0.0673. The summed E-state index contributed by atoms with van der Waals surface area (Å²) < 4.78 is 0. The molecule has 0 radical (unpaired) electrons. The molecule has 3 heteroatoms. The second-order valence-electron chi connectivity index (χ2n) is 4.98. The molecule has 2 N–H and O–H groups in total. The number of nitrogens with zero attached hydrogens (tertiary/aromatic N) is 2. The quantitative estimate of drug-likeness (QED) is 0.906. The lowest BCUT2D eigenvalue weighted by molar-refractivity contribution is 0.839. The minimum Gasteiger partial charge on any atom is -0.323 e. The Bertz CT molecular complexity index is 630. The van der Waals surface area contributed by atoms with Crippen LogP contribution in [0, 0.1) is 0 Å².